The number of phenols is 1. The Bertz CT molecular complexity index is 591. The van der Waals surface area contributed by atoms with Gasteiger partial charge in [-0.1, -0.05) is 11.2 Å². The molecule has 0 saturated heterocycles. The number of aromatic hydroxyl groups is 1. The van der Waals surface area contributed by atoms with Crippen LogP contribution in [0.25, 0.3) is 11.3 Å². The summed E-state index contributed by atoms with van der Waals surface area (Å²) in [6, 6.07) is 4.70. The quantitative estimate of drug-likeness (QED) is 0.890. The van der Waals surface area contributed by atoms with Gasteiger partial charge in [0.1, 0.15) is 11.4 Å². The average molecular weight is 298 g/mol. The van der Waals surface area contributed by atoms with Crippen molar-refractivity contribution in [3.8, 4) is 17.0 Å². The van der Waals surface area contributed by atoms with Crippen molar-refractivity contribution in [1.82, 2.24) is 5.16 Å². The van der Waals surface area contributed by atoms with Crippen molar-refractivity contribution in [1.29, 1.82) is 0 Å². The number of aromatic carboxylic acids is 1. The number of carboxylic acid groups (broad SMARTS) is 1. The Labute approximate surface area is 105 Å². The molecular formula is C11H8BrNO4. The van der Waals surface area contributed by atoms with Crippen LogP contribution in [0.3, 0.4) is 0 Å². The lowest BCUT2D eigenvalue weighted by Gasteiger charge is -2.05. The zero-order chi connectivity index (χ0) is 12.6. The van der Waals surface area contributed by atoms with Crippen LogP contribution >= 0.6 is 15.9 Å². The van der Waals surface area contributed by atoms with E-state index in [9.17, 15) is 9.90 Å². The summed E-state index contributed by atoms with van der Waals surface area (Å²) in [4.78, 5) is 10.6. The summed E-state index contributed by atoms with van der Waals surface area (Å²) in [7, 11) is 0. The molecule has 0 aliphatic rings. The molecule has 0 atom stereocenters. The molecule has 0 bridgehead atoms. The summed E-state index contributed by atoms with van der Waals surface area (Å²) in [5, 5.41) is 22.2. The van der Waals surface area contributed by atoms with E-state index in [-0.39, 0.29) is 17.2 Å². The Morgan fingerprint density at radius 1 is 1.47 bits per heavy atom. The highest BCUT2D eigenvalue weighted by molar-refractivity contribution is 9.10. The Kier molecular flexibility index (Phi) is 2.89. The average Bonchev–Trinajstić information content (AvgIpc) is 2.75. The minimum absolute atomic E-state index is 0.00948. The van der Waals surface area contributed by atoms with E-state index in [4.69, 9.17) is 5.11 Å². The number of phenolic OH excluding ortho intramolecular Hbond substituents is 1. The summed E-state index contributed by atoms with van der Waals surface area (Å²) in [6.45, 7) is 1.83. The van der Waals surface area contributed by atoms with E-state index in [2.05, 4.69) is 25.6 Å². The van der Waals surface area contributed by atoms with Gasteiger partial charge in [0.25, 0.3) is 0 Å². The van der Waals surface area contributed by atoms with Gasteiger partial charge in [-0.15, -0.1) is 0 Å². The van der Waals surface area contributed by atoms with Crippen LogP contribution in [0.5, 0.6) is 5.75 Å². The highest BCUT2D eigenvalue weighted by Crippen LogP contribution is 2.36. The largest absolute Gasteiger partial charge is 0.506 e. The lowest BCUT2D eigenvalue weighted by Crippen LogP contribution is -1.91. The summed E-state index contributed by atoms with van der Waals surface area (Å²) < 4.78 is 5.18. The van der Waals surface area contributed by atoms with Crippen molar-refractivity contribution in [3.05, 3.63) is 34.0 Å². The smallest absolute Gasteiger partial charge is 0.374 e. The van der Waals surface area contributed by atoms with Crippen LogP contribution < -0.4 is 0 Å². The Morgan fingerprint density at radius 2 is 2.18 bits per heavy atom. The van der Waals surface area contributed by atoms with Gasteiger partial charge in [-0.2, -0.15) is 0 Å². The monoisotopic (exact) mass is 297 g/mol. The fourth-order valence-corrected chi connectivity index (χ4v) is 1.72. The molecule has 2 N–H and O–H groups in total. The van der Waals surface area contributed by atoms with E-state index in [0.29, 0.717) is 10.0 Å². The molecule has 2 rings (SSSR count). The normalized spacial score (nSPS) is 10.5. The number of aryl methyl sites for hydroxylation is 1. The van der Waals surface area contributed by atoms with Crippen LogP contribution in [0.1, 0.15) is 16.1 Å². The molecular weight excluding hydrogens is 290 g/mol. The van der Waals surface area contributed by atoms with E-state index in [1.165, 1.54) is 6.07 Å². The second-order valence-electron chi connectivity index (χ2n) is 3.47. The predicted octanol–water partition coefficient (Wildman–Crippen LogP) is 2.82. The third-order valence-electron chi connectivity index (χ3n) is 2.31. The van der Waals surface area contributed by atoms with E-state index in [0.717, 1.165) is 5.56 Å². The predicted molar refractivity (Wildman–Crippen MR) is 63.0 cm³/mol. The molecule has 0 spiro atoms. The van der Waals surface area contributed by atoms with Crippen molar-refractivity contribution in [2.75, 3.05) is 0 Å². The number of rotatable bonds is 2. The van der Waals surface area contributed by atoms with Gasteiger partial charge >= 0.3 is 5.97 Å². The Balaban J connectivity index is 2.53. The maximum absolute atomic E-state index is 10.6. The first kappa shape index (κ1) is 11.7. The highest BCUT2D eigenvalue weighted by atomic mass is 79.9. The standard InChI is InChI=1S/C11H8BrNO4/c1-5-2-3-6(10(14)9(5)12)7-4-8(11(15)16)17-13-7/h2-4,14H,1H3,(H,15,16). The summed E-state index contributed by atoms with van der Waals surface area (Å²) in [5.74, 6) is -1.46. The lowest BCUT2D eigenvalue weighted by molar-refractivity contribution is 0.0652. The van der Waals surface area contributed by atoms with Gasteiger partial charge in [0.15, 0.2) is 0 Å². The first-order chi connectivity index (χ1) is 8.00. The van der Waals surface area contributed by atoms with Gasteiger partial charge in [-0.25, -0.2) is 4.79 Å². The van der Waals surface area contributed by atoms with E-state index >= 15 is 0 Å². The number of aromatic nitrogens is 1. The molecule has 6 heteroatoms. The van der Waals surface area contributed by atoms with Crippen molar-refractivity contribution in [2.24, 2.45) is 0 Å². The number of hydrogen-bond donors (Lipinski definition) is 2. The van der Waals surface area contributed by atoms with E-state index in [1.54, 1.807) is 12.1 Å². The Hall–Kier alpha value is -1.82. The third-order valence-corrected chi connectivity index (χ3v) is 3.31. The SMILES string of the molecule is Cc1ccc(-c2cc(C(=O)O)on2)c(O)c1Br. The molecule has 1 aromatic carbocycles. The molecule has 0 unspecified atom stereocenters. The molecule has 1 aromatic heterocycles. The van der Waals surface area contributed by atoms with Crippen LogP contribution in [0.2, 0.25) is 0 Å². The topological polar surface area (TPSA) is 83.6 Å². The maximum atomic E-state index is 10.6. The number of carbonyl (C=O) groups is 1. The summed E-state index contributed by atoms with van der Waals surface area (Å²) in [5.41, 5.74) is 1.56. The van der Waals surface area contributed by atoms with E-state index in [1.807, 2.05) is 6.92 Å². The first-order valence-corrected chi connectivity index (χ1v) is 5.48. The molecule has 2 aromatic rings. The molecule has 0 saturated carbocycles. The third kappa shape index (κ3) is 2.03. The molecule has 5 nitrogen and oxygen atoms in total. The fourth-order valence-electron chi connectivity index (χ4n) is 1.38. The van der Waals surface area contributed by atoms with Crippen LogP contribution in [0.15, 0.2) is 27.2 Å². The van der Waals surface area contributed by atoms with Gasteiger partial charge in [0.05, 0.1) is 4.47 Å². The van der Waals surface area contributed by atoms with Crippen LogP contribution in [-0.2, 0) is 0 Å². The van der Waals surface area contributed by atoms with Gasteiger partial charge in [-0.05, 0) is 34.5 Å². The zero-order valence-electron chi connectivity index (χ0n) is 8.77. The molecule has 0 fully saturated rings. The van der Waals surface area contributed by atoms with Gasteiger partial charge in [0, 0.05) is 11.6 Å². The first-order valence-electron chi connectivity index (χ1n) is 4.69. The van der Waals surface area contributed by atoms with Crippen molar-refractivity contribution in [3.63, 3.8) is 0 Å². The van der Waals surface area contributed by atoms with Crippen LogP contribution in [0.4, 0.5) is 0 Å². The number of hydrogen-bond acceptors (Lipinski definition) is 4. The van der Waals surface area contributed by atoms with Gasteiger partial charge in [-0.3, -0.25) is 0 Å². The highest BCUT2D eigenvalue weighted by Gasteiger charge is 2.16. The lowest BCUT2D eigenvalue weighted by atomic mass is 10.1. The molecule has 17 heavy (non-hydrogen) atoms. The minimum atomic E-state index is -1.20. The molecule has 0 radical (unpaired) electrons. The van der Waals surface area contributed by atoms with Crippen LogP contribution in [0, 0.1) is 6.92 Å². The number of nitrogens with zero attached hydrogens (tertiary/aromatic N) is 1. The summed E-state index contributed by atoms with van der Waals surface area (Å²) in [6.07, 6.45) is 0. The fraction of sp³-hybridized carbons (Fsp3) is 0.0909. The molecule has 88 valence electrons. The van der Waals surface area contributed by atoms with Crippen LogP contribution in [-0.4, -0.2) is 21.3 Å². The van der Waals surface area contributed by atoms with Crippen molar-refractivity contribution < 1.29 is 19.5 Å². The molecule has 0 aliphatic carbocycles. The Morgan fingerprint density at radius 3 is 2.76 bits per heavy atom. The second kappa shape index (κ2) is 4.21. The number of carboxylic acids is 1. The van der Waals surface area contributed by atoms with E-state index < -0.39 is 5.97 Å². The zero-order valence-corrected chi connectivity index (χ0v) is 10.4. The molecule has 0 aliphatic heterocycles. The molecule has 1 heterocycles. The minimum Gasteiger partial charge on any atom is -0.506 e. The van der Waals surface area contributed by atoms with Crippen molar-refractivity contribution >= 4 is 21.9 Å². The van der Waals surface area contributed by atoms with Crippen molar-refractivity contribution in [2.45, 2.75) is 6.92 Å². The summed E-state index contributed by atoms with van der Waals surface area (Å²) >= 11 is 3.24. The van der Waals surface area contributed by atoms with Gasteiger partial charge < -0.3 is 14.7 Å². The second-order valence-corrected chi connectivity index (χ2v) is 4.27. The number of halogens is 1. The molecule has 0 amide bonds. The number of benzene rings is 1. The maximum Gasteiger partial charge on any atom is 0.374 e. The van der Waals surface area contributed by atoms with Gasteiger partial charge in [0.2, 0.25) is 5.76 Å².